The van der Waals surface area contributed by atoms with Crippen LogP contribution in [0.3, 0.4) is 0 Å². The Morgan fingerprint density at radius 2 is 1.71 bits per heavy atom. The van der Waals surface area contributed by atoms with Gasteiger partial charge in [0.15, 0.2) is 0 Å². The van der Waals surface area contributed by atoms with E-state index in [0.29, 0.717) is 12.1 Å². The van der Waals surface area contributed by atoms with Gasteiger partial charge >= 0.3 is 5.97 Å². The predicted molar refractivity (Wildman–Crippen MR) is 88.8 cm³/mol. The molecular formula is C19H16FNO3. The Balaban J connectivity index is 2.14. The Morgan fingerprint density at radius 3 is 2.38 bits per heavy atom. The number of hydrogen-bond donors (Lipinski definition) is 2. The first-order valence-corrected chi connectivity index (χ1v) is 7.53. The van der Waals surface area contributed by atoms with Crippen molar-refractivity contribution in [2.45, 2.75) is 12.8 Å². The van der Waals surface area contributed by atoms with E-state index in [0.717, 1.165) is 17.0 Å². The van der Waals surface area contributed by atoms with Crippen molar-refractivity contribution in [1.29, 1.82) is 0 Å². The molecule has 122 valence electrons. The van der Waals surface area contributed by atoms with Gasteiger partial charge in [0, 0.05) is 5.69 Å². The molecule has 2 aromatic carbocycles. The third-order valence-corrected chi connectivity index (χ3v) is 3.82. The fourth-order valence-electron chi connectivity index (χ4n) is 2.69. The number of aryl methyl sites for hydroxylation is 1. The SMILES string of the molecule is O=C(O)CCc1ccc(-c2ccc(F)cc2)n1-c1ccccc1O. The summed E-state index contributed by atoms with van der Waals surface area (Å²) in [5, 5.41) is 19.1. The highest BCUT2D eigenvalue weighted by Crippen LogP contribution is 2.31. The molecule has 0 atom stereocenters. The topological polar surface area (TPSA) is 62.5 Å². The van der Waals surface area contributed by atoms with E-state index in [1.54, 1.807) is 36.4 Å². The molecule has 1 heterocycles. The first-order chi connectivity index (χ1) is 11.6. The summed E-state index contributed by atoms with van der Waals surface area (Å²) in [6, 6.07) is 16.6. The lowest BCUT2D eigenvalue weighted by molar-refractivity contribution is -0.136. The third-order valence-electron chi connectivity index (χ3n) is 3.82. The number of para-hydroxylation sites is 2. The number of halogens is 1. The number of phenols is 1. The number of carboxylic acids is 1. The van der Waals surface area contributed by atoms with Crippen molar-refractivity contribution in [2.24, 2.45) is 0 Å². The zero-order valence-electron chi connectivity index (χ0n) is 12.8. The van der Waals surface area contributed by atoms with Crippen LogP contribution in [-0.2, 0) is 11.2 Å². The summed E-state index contributed by atoms with van der Waals surface area (Å²) in [7, 11) is 0. The largest absolute Gasteiger partial charge is 0.506 e. The second kappa shape index (κ2) is 6.58. The molecule has 0 saturated carbocycles. The van der Waals surface area contributed by atoms with Gasteiger partial charge in [0.1, 0.15) is 11.6 Å². The number of nitrogens with zero attached hydrogens (tertiary/aromatic N) is 1. The maximum Gasteiger partial charge on any atom is 0.303 e. The molecule has 4 nitrogen and oxygen atoms in total. The number of aromatic nitrogens is 1. The Hall–Kier alpha value is -3.08. The van der Waals surface area contributed by atoms with Crippen molar-refractivity contribution >= 4 is 5.97 Å². The molecule has 0 fully saturated rings. The number of carbonyl (C=O) groups is 1. The molecule has 0 aliphatic heterocycles. The van der Waals surface area contributed by atoms with E-state index in [4.69, 9.17) is 5.11 Å². The fourth-order valence-corrected chi connectivity index (χ4v) is 2.69. The molecule has 0 spiro atoms. The number of hydrogen-bond acceptors (Lipinski definition) is 2. The van der Waals surface area contributed by atoms with E-state index < -0.39 is 5.97 Å². The lowest BCUT2D eigenvalue weighted by Crippen LogP contribution is -2.05. The van der Waals surface area contributed by atoms with Crippen LogP contribution in [-0.4, -0.2) is 20.7 Å². The molecule has 0 amide bonds. The lowest BCUT2D eigenvalue weighted by Gasteiger charge is -2.15. The van der Waals surface area contributed by atoms with Crippen molar-refractivity contribution in [1.82, 2.24) is 4.57 Å². The molecule has 0 bridgehead atoms. The van der Waals surface area contributed by atoms with Crippen molar-refractivity contribution in [3.8, 4) is 22.7 Å². The smallest absolute Gasteiger partial charge is 0.303 e. The van der Waals surface area contributed by atoms with E-state index >= 15 is 0 Å². The van der Waals surface area contributed by atoms with Crippen LogP contribution in [0.5, 0.6) is 5.75 Å². The van der Waals surface area contributed by atoms with Gasteiger partial charge < -0.3 is 14.8 Å². The minimum absolute atomic E-state index is 0.0134. The summed E-state index contributed by atoms with van der Waals surface area (Å²) in [5.74, 6) is -1.12. The Bertz CT molecular complexity index is 869. The molecule has 3 aromatic rings. The molecule has 24 heavy (non-hydrogen) atoms. The van der Waals surface area contributed by atoms with E-state index in [9.17, 15) is 14.3 Å². The number of carboxylic acid groups (broad SMARTS) is 1. The average molecular weight is 325 g/mol. The molecule has 0 saturated heterocycles. The monoisotopic (exact) mass is 325 g/mol. The highest BCUT2D eigenvalue weighted by atomic mass is 19.1. The molecule has 3 rings (SSSR count). The number of phenolic OH excluding ortho intramolecular Hbond substituents is 1. The first kappa shape index (κ1) is 15.8. The van der Waals surface area contributed by atoms with Crippen LogP contribution < -0.4 is 0 Å². The van der Waals surface area contributed by atoms with Gasteiger partial charge in [0.25, 0.3) is 0 Å². The van der Waals surface area contributed by atoms with Crippen LogP contribution in [0.1, 0.15) is 12.1 Å². The molecule has 2 N–H and O–H groups in total. The molecular weight excluding hydrogens is 309 g/mol. The van der Waals surface area contributed by atoms with E-state index in [1.807, 2.05) is 16.7 Å². The maximum atomic E-state index is 13.2. The van der Waals surface area contributed by atoms with Gasteiger partial charge in [-0.15, -0.1) is 0 Å². The van der Waals surface area contributed by atoms with Gasteiger partial charge in [-0.3, -0.25) is 4.79 Å². The molecule has 0 unspecified atom stereocenters. The van der Waals surface area contributed by atoms with Gasteiger partial charge in [0.2, 0.25) is 0 Å². The second-order valence-corrected chi connectivity index (χ2v) is 5.43. The van der Waals surface area contributed by atoms with Crippen LogP contribution in [0, 0.1) is 5.82 Å². The summed E-state index contributed by atoms with van der Waals surface area (Å²) < 4.78 is 15.0. The Kier molecular flexibility index (Phi) is 4.33. The van der Waals surface area contributed by atoms with E-state index in [2.05, 4.69) is 0 Å². The zero-order valence-corrected chi connectivity index (χ0v) is 12.8. The normalized spacial score (nSPS) is 10.7. The third kappa shape index (κ3) is 3.15. The van der Waals surface area contributed by atoms with Crippen LogP contribution in [0.25, 0.3) is 16.9 Å². The van der Waals surface area contributed by atoms with Gasteiger partial charge in [-0.05, 0) is 60.5 Å². The van der Waals surface area contributed by atoms with E-state index in [-0.39, 0.29) is 18.0 Å². The van der Waals surface area contributed by atoms with Crippen LogP contribution in [0.2, 0.25) is 0 Å². The summed E-state index contributed by atoms with van der Waals surface area (Å²) in [4.78, 5) is 10.9. The molecule has 1 aromatic heterocycles. The Labute approximate surface area is 138 Å². The van der Waals surface area contributed by atoms with Crippen LogP contribution in [0.15, 0.2) is 60.7 Å². The van der Waals surface area contributed by atoms with E-state index in [1.165, 1.54) is 12.1 Å². The molecule has 0 aliphatic carbocycles. The van der Waals surface area contributed by atoms with Gasteiger partial charge in [-0.1, -0.05) is 12.1 Å². The summed E-state index contributed by atoms with van der Waals surface area (Å²) in [5.41, 5.74) is 2.86. The van der Waals surface area contributed by atoms with Crippen LogP contribution >= 0.6 is 0 Å². The van der Waals surface area contributed by atoms with Crippen molar-refractivity contribution in [3.05, 3.63) is 72.2 Å². The summed E-state index contributed by atoms with van der Waals surface area (Å²) in [6.07, 6.45) is 0.311. The number of rotatable bonds is 5. The molecule has 0 radical (unpaired) electrons. The number of benzene rings is 2. The lowest BCUT2D eigenvalue weighted by atomic mass is 10.1. The summed E-state index contributed by atoms with van der Waals surface area (Å²) >= 11 is 0. The Morgan fingerprint density at radius 1 is 1.00 bits per heavy atom. The standard InChI is InChI=1S/C19H16FNO3/c20-14-7-5-13(6-8-14)16-11-9-15(10-12-19(23)24)21(16)17-3-1-2-4-18(17)22/h1-9,11,22H,10,12H2,(H,23,24). The van der Waals surface area contributed by atoms with Gasteiger partial charge in [0.05, 0.1) is 17.8 Å². The number of aliphatic carboxylic acids is 1. The fraction of sp³-hybridized carbons (Fsp3) is 0.105. The van der Waals surface area contributed by atoms with Gasteiger partial charge in [-0.25, -0.2) is 4.39 Å². The number of aromatic hydroxyl groups is 1. The highest BCUT2D eigenvalue weighted by molar-refractivity contribution is 5.68. The molecule has 5 heteroatoms. The minimum Gasteiger partial charge on any atom is -0.506 e. The quantitative estimate of drug-likeness (QED) is 0.745. The second-order valence-electron chi connectivity index (χ2n) is 5.43. The van der Waals surface area contributed by atoms with Crippen molar-refractivity contribution in [3.63, 3.8) is 0 Å². The first-order valence-electron chi connectivity index (χ1n) is 7.53. The average Bonchev–Trinajstić information content (AvgIpc) is 2.98. The predicted octanol–water partition coefficient (Wildman–Crippen LogP) is 4.01. The highest BCUT2D eigenvalue weighted by Gasteiger charge is 2.15. The minimum atomic E-state index is -0.886. The summed E-state index contributed by atoms with van der Waals surface area (Å²) in [6.45, 7) is 0. The van der Waals surface area contributed by atoms with Crippen molar-refractivity contribution < 1.29 is 19.4 Å². The zero-order chi connectivity index (χ0) is 17.1. The maximum absolute atomic E-state index is 13.2. The molecule has 0 aliphatic rings. The van der Waals surface area contributed by atoms with Crippen LogP contribution in [0.4, 0.5) is 4.39 Å². The van der Waals surface area contributed by atoms with Gasteiger partial charge in [-0.2, -0.15) is 0 Å². The van der Waals surface area contributed by atoms with Crippen molar-refractivity contribution in [2.75, 3.05) is 0 Å².